The summed E-state index contributed by atoms with van der Waals surface area (Å²) in [7, 11) is 1.64. The number of allylic oxidation sites excluding steroid dienone is 1. The first kappa shape index (κ1) is 23.7. The highest BCUT2D eigenvalue weighted by atomic mass is 127. The Morgan fingerprint density at radius 2 is 2.07 bits per heavy atom. The molecule has 7 heteroatoms. The number of para-hydroxylation sites is 1. The van der Waals surface area contributed by atoms with Crippen molar-refractivity contribution in [3.63, 3.8) is 0 Å². The van der Waals surface area contributed by atoms with E-state index in [9.17, 15) is 5.11 Å². The standard InChI is InChI=1S/C23H33IN2O4/c1-4-17(24)15-26-11-9-19-18-7-5-6-8-20(18)25-22(19)23(26,2)21(27)10-12-29-16-30-14-13-28-3/h4-8,21,25,27H,9-16H2,1-3H3/b17-4-/t21-,23+/m0/s1. The van der Waals surface area contributed by atoms with Crippen LogP contribution in [0.25, 0.3) is 10.9 Å². The highest BCUT2D eigenvalue weighted by Crippen LogP contribution is 2.42. The molecule has 0 radical (unpaired) electrons. The van der Waals surface area contributed by atoms with E-state index in [2.05, 4.69) is 76.7 Å². The molecule has 0 amide bonds. The molecule has 6 nitrogen and oxygen atoms in total. The fraction of sp³-hybridized carbons (Fsp3) is 0.565. The first-order valence-electron chi connectivity index (χ1n) is 10.5. The number of aromatic nitrogens is 1. The summed E-state index contributed by atoms with van der Waals surface area (Å²) in [6.45, 7) is 7.64. The first-order chi connectivity index (χ1) is 14.5. The van der Waals surface area contributed by atoms with Crippen LogP contribution in [-0.4, -0.2) is 67.9 Å². The Morgan fingerprint density at radius 1 is 1.30 bits per heavy atom. The number of rotatable bonds is 11. The van der Waals surface area contributed by atoms with Gasteiger partial charge >= 0.3 is 0 Å². The zero-order chi connectivity index (χ0) is 21.6. The molecular formula is C23H33IN2O4. The van der Waals surface area contributed by atoms with Gasteiger partial charge in [0.05, 0.1) is 31.5 Å². The van der Waals surface area contributed by atoms with Crippen LogP contribution >= 0.6 is 22.6 Å². The van der Waals surface area contributed by atoms with Gasteiger partial charge in [-0.3, -0.25) is 4.90 Å². The quantitative estimate of drug-likeness (QED) is 0.263. The number of aliphatic hydroxyl groups excluding tert-OH is 1. The molecule has 2 aromatic rings. The van der Waals surface area contributed by atoms with Crippen molar-refractivity contribution in [3.8, 4) is 0 Å². The van der Waals surface area contributed by atoms with E-state index in [-0.39, 0.29) is 6.79 Å². The number of halogens is 1. The summed E-state index contributed by atoms with van der Waals surface area (Å²) in [5, 5.41) is 12.6. The number of nitrogens with one attached hydrogen (secondary N) is 1. The van der Waals surface area contributed by atoms with Crippen LogP contribution in [0, 0.1) is 0 Å². The molecule has 3 rings (SSSR count). The van der Waals surface area contributed by atoms with Crippen LogP contribution in [0.1, 0.15) is 31.5 Å². The maximum Gasteiger partial charge on any atom is 0.146 e. The van der Waals surface area contributed by atoms with Crippen LogP contribution in [0.4, 0.5) is 0 Å². The number of methoxy groups -OCH3 is 1. The fourth-order valence-electron chi connectivity index (χ4n) is 4.22. The molecule has 1 aromatic carbocycles. The van der Waals surface area contributed by atoms with Gasteiger partial charge in [0.1, 0.15) is 6.79 Å². The molecule has 0 spiro atoms. The number of hydrogen-bond donors (Lipinski definition) is 2. The molecule has 1 aromatic heterocycles. The van der Waals surface area contributed by atoms with Gasteiger partial charge in [-0.25, -0.2) is 0 Å². The smallest absolute Gasteiger partial charge is 0.146 e. The van der Waals surface area contributed by atoms with Gasteiger partial charge in [0.2, 0.25) is 0 Å². The summed E-state index contributed by atoms with van der Waals surface area (Å²) in [4.78, 5) is 6.03. The van der Waals surface area contributed by atoms with Gasteiger partial charge in [0.25, 0.3) is 0 Å². The van der Waals surface area contributed by atoms with Gasteiger partial charge in [0, 0.05) is 40.4 Å². The largest absolute Gasteiger partial charge is 0.391 e. The van der Waals surface area contributed by atoms with E-state index < -0.39 is 11.6 Å². The molecule has 2 N–H and O–H groups in total. The third kappa shape index (κ3) is 5.08. The molecule has 0 saturated carbocycles. The number of H-pyrrole nitrogens is 1. The molecule has 1 aliphatic heterocycles. The van der Waals surface area contributed by atoms with Crippen LogP contribution in [0.3, 0.4) is 0 Å². The molecule has 2 atom stereocenters. The minimum atomic E-state index is -0.579. The van der Waals surface area contributed by atoms with Crippen molar-refractivity contribution in [3.05, 3.63) is 45.2 Å². The molecule has 30 heavy (non-hydrogen) atoms. The Morgan fingerprint density at radius 3 is 2.83 bits per heavy atom. The van der Waals surface area contributed by atoms with Gasteiger partial charge in [0.15, 0.2) is 0 Å². The van der Waals surface area contributed by atoms with E-state index in [1.54, 1.807) is 7.11 Å². The number of hydrogen-bond acceptors (Lipinski definition) is 5. The van der Waals surface area contributed by atoms with Crippen molar-refractivity contribution in [2.75, 3.05) is 46.8 Å². The molecular weight excluding hydrogens is 495 g/mol. The van der Waals surface area contributed by atoms with Crippen molar-refractivity contribution < 1.29 is 19.3 Å². The van der Waals surface area contributed by atoms with Crippen LogP contribution in [0.15, 0.2) is 33.9 Å². The Balaban J connectivity index is 1.79. The van der Waals surface area contributed by atoms with E-state index in [1.807, 2.05) is 0 Å². The Kier molecular flexibility index (Phi) is 8.73. The van der Waals surface area contributed by atoms with Crippen LogP contribution in [0.2, 0.25) is 0 Å². The zero-order valence-electron chi connectivity index (χ0n) is 18.1. The monoisotopic (exact) mass is 528 g/mol. The van der Waals surface area contributed by atoms with Gasteiger partial charge in [-0.15, -0.1) is 0 Å². The predicted octanol–water partition coefficient (Wildman–Crippen LogP) is 3.97. The number of aromatic amines is 1. The van der Waals surface area contributed by atoms with E-state index in [4.69, 9.17) is 14.2 Å². The summed E-state index contributed by atoms with van der Waals surface area (Å²) in [5.74, 6) is 0. The lowest BCUT2D eigenvalue weighted by atomic mass is 9.80. The number of ether oxygens (including phenoxy) is 3. The second kappa shape index (κ2) is 11.1. The number of fused-ring (bicyclic) bond motifs is 3. The molecule has 1 aliphatic rings. The van der Waals surface area contributed by atoms with E-state index in [0.717, 1.165) is 30.7 Å². The minimum Gasteiger partial charge on any atom is -0.391 e. The van der Waals surface area contributed by atoms with Crippen LogP contribution in [0.5, 0.6) is 0 Å². The van der Waals surface area contributed by atoms with Gasteiger partial charge < -0.3 is 24.3 Å². The third-order valence-corrected chi connectivity index (χ3v) is 7.01. The fourth-order valence-corrected chi connectivity index (χ4v) is 4.63. The normalized spacial score (nSPS) is 21.2. The number of benzene rings is 1. The summed E-state index contributed by atoms with van der Waals surface area (Å²) < 4.78 is 17.2. The molecule has 0 unspecified atom stereocenters. The zero-order valence-corrected chi connectivity index (χ0v) is 20.3. The molecule has 0 bridgehead atoms. The predicted molar refractivity (Wildman–Crippen MR) is 128 cm³/mol. The summed E-state index contributed by atoms with van der Waals surface area (Å²) in [5.41, 5.74) is 3.06. The summed E-state index contributed by atoms with van der Waals surface area (Å²) >= 11 is 2.39. The van der Waals surface area contributed by atoms with Crippen molar-refractivity contribution in [1.29, 1.82) is 0 Å². The Bertz CT molecular complexity index is 853. The van der Waals surface area contributed by atoms with Crippen LogP contribution < -0.4 is 0 Å². The summed E-state index contributed by atoms with van der Waals surface area (Å²) in [6, 6.07) is 8.41. The van der Waals surface area contributed by atoms with Crippen molar-refractivity contribution in [1.82, 2.24) is 9.88 Å². The highest BCUT2D eigenvalue weighted by molar-refractivity contribution is 14.1. The average molecular weight is 528 g/mol. The van der Waals surface area contributed by atoms with E-state index >= 15 is 0 Å². The topological polar surface area (TPSA) is 67.0 Å². The van der Waals surface area contributed by atoms with Crippen molar-refractivity contribution in [2.45, 2.75) is 38.3 Å². The third-order valence-electron chi connectivity index (χ3n) is 6.05. The Hall–Kier alpha value is -0.970. The lowest BCUT2D eigenvalue weighted by Gasteiger charge is -2.47. The lowest BCUT2D eigenvalue weighted by molar-refractivity contribution is -0.0871. The van der Waals surface area contributed by atoms with E-state index in [1.165, 1.54) is 14.5 Å². The average Bonchev–Trinajstić information content (AvgIpc) is 3.14. The van der Waals surface area contributed by atoms with Gasteiger partial charge in [-0.2, -0.15) is 0 Å². The maximum absolute atomic E-state index is 11.4. The van der Waals surface area contributed by atoms with Crippen molar-refractivity contribution >= 4 is 33.5 Å². The van der Waals surface area contributed by atoms with Gasteiger partial charge in [-0.05, 0) is 60.9 Å². The molecule has 0 aliphatic carbocycles. The highest BCUT2D eigenvalue weighted by Gasteiger charge is 2.45. The second-order valence-electron chi connectivity index (χ2n) is 7.81. The SMILES string of the molecule is C/C=C(\I)CN1CCc2c([nH]c3ccccc23)[C@@]1(C)[C@@H](O)CCOCOCCOC. The molecule has 0 saturated heterocycles. The van der Waals surface area contributed by atoms with Gasteiger partial charge in [-0.1, -0.05) is 24.3 Å². The van der Waals surface area contributed by atoms with Crippen LogP contribution in [-0.2, 0) is 26.2 Å². The van der Waals surface area contributed by atoms with Crippen molar-refractivity contribution in [2.24, 2.45) is 0 Å². The molecule has 166 valence electrons. The Labute approximate surface area is 192 Å². The molecule has 2 heterocycles. The minimum absolute atomic E-state index is 0.213. The first-order valence-corrected chi connectivity index (χ1v) is 11.6. The maximum atomic E-state index is 11.4. The molecule has 0 fully saturated rings. The lowest BCUT2D eigenvalue weighted by Crippen LogP contribution is -2.56. The summed E-state index contributed by atoms with van der Waals surface area (Å²) in [6.07, 6.45) is 3.06. The van der Waals surface area contributed by atoms with E-state index in [0.29, 0.717) is 26.2 Å². The number of nitrogens with zero attached hydrogens (tertiary/aromatic N) is 1. The second-order valence-corrected chi connectivity index (χ2v) is 9.20. The number of aliphatic hydroxyl groups is 1.